The van der Waals surface area contributed by atoms with Gasteiger partial charge in [-0.25, -0.2) is 18.2 Å². The van der Waals surface area contributed by atoms with E-state index in [9.17, 15) is 13.2 Å². The standard InChI is InChI=1S/C23H26F3N5O/c1-13-3-4-18(24)14(2)20(13)21(22(25)26)32-19-9-15(10-29-23(19)27)16-11-30-31(12-16)17-5-7-28-8-6-17/h3-4,9-12,17,21-22,28H,5-8H2,1-2H3,(H2,27,29)/i1D3,2D3,17D. The molecule has 1 fully saturated rings. The lowest BCUT2D eigenvalue weighted by atomic mass is 9.97. The number of pyridine rings is 1. The molecule has 6 nitrogen and oxygen atoms in total. The van der Waals surface area contributed by atoms with Crippen LogP contribution in [-0.2, 0) is 0 Å². The molecular formula is C23H26F3N5O. The lowest BCUT2D eigenvalue weighted by molar-refractivity contribution is 0.00988. The number of hydrogen-bond donors (Lipinski definition) is 2. The molecule has 32 heavy (non-hydrogen) atoms. The predicted molar refractivity (Wildman–Crippen MR) is 116 cm³/mol. The zero-order chi connectivity index (χ0) is 28.8. The van der Waals surface area contributed by atoms with E-state index in [1.54, 1.807) is 6.20 Å². The van der Waals surface area contributed by atoms with Crippen LogP contribution in [0.1, 0.15) is 51.2 Å². The van der Waals surface area contributed by atoms with Crippen molar-refractivity contribution in [3.63, 3.8) is 0 Å². The number of aromatic nitrogens is 3. The van der Waals surface area contributed by atoms with Crippen molar-refractivity contribution in [3.8, 4) is 16.9 Å². The van der Waals surface area contributed by atoms with Crippen molar-refractivity contribution in [1.82, 2.24) is 20.1 Å². The second kappa shape index (κ2) is 9.20. The van der Waals surface area contributed by atoms with E-state index >= 15 is 0 Å². The Hall–Kier alpha value is -3.07. The van der Waals surface area contributed by atoms with E-state index in [1.165, 1.54) is 23.1 Å². The SMILES string of the molecule is [2H]C([2H])([2H])c1ccc(F)c(C([2H])([2H])[2H])c1C(Oc1cc(-c2cnn(C3([2H])CCNCC3)c2)cnc1N)C(F)F. The monoisotopic (exact) mass is 452 g/mol. The van der Waals surface area contributed by atoms with E-state index < -0.39 is 60.5 Å². The molecule has 2 aromatic heterocycles. The summed E-state index contributed by atoms with van der Waals surface area (Å²) in [5, 5.41) is 7.45. The van der Waals surface area contributed by atoms with Crippen LogP contribution in [0.2, 0.25) is 0 Å². The van der Waals surface area contributed by atoms with Gasteiger partial charge in [-0.1, -0.05) is 6.07 Å². The minimum absolute atomic E-state index is 0.335. The molecule has 1 atom stereocenters. The minimum Gasteiger partial charge on any atom is -0.476 e. The molecule has 0 saturated carbocycles. The summed E-state index contributed by atoms with van der Waals surface area (Å²) in [5.41, 5.74) is 3.74. The Balaban J connectivity index is 1.77. The lowest BCUT2D eigenvalue weighted by Crippen LogP contribution is -2.29. The first-order chi connectivity index (χ1) is 18.1. The number of nitrogen functional groups attached to an aromatic ring is 1. The summed E-state index contributed by atoms with van der Waals surface area (Å²) in [6.07, 6.45) is -0.530. The van der Waals surface area contributed by atoms with Crippen LogP contribution in [0.5, 0.6) is 5.75 Å². The number of anilines is 1. The number of benzene rings is 1. The Kier molecular flexibility index (Phi) is 4.28. The molecule has 3 heterocycles. The number of hydrogen-bond acceptors (Lipinski definition) is 5. The maximum atomic E-state index is 14.7. The van der Waals surface area contributed by atoms with E-state index in [2.05, 4.69) is 15.4 Å². The van der Waals surface area contributed by atoms with Gasteiger partial charge in [0.25, 0.3) is 6.43 Å². The molecule has 4 rings (SSSR count). The van der Waals surface area contributed by atoms with Gasteiger partial charge in [0.15, 0.2) is 17.7 Å². The van der Waals surface area contributed by atoms with Gasteiger partial charge in [-0.05, 0) is 62.9 Å². The molecule has 3 N–H and O–H groups in total. The van der Waals surface area contributed by atoms with E-state index in [0.717, 1.165) is 6.07 Å². The molecule has 3 aromatic rings. The average molecular weight is 453 g/mol. The van der Waals surface area contributed by atoms with Gasteiger partial charge < -0.3 is 15.8 Å². The molecule has 170 valence electrons. The fourth-order valence-electron chi connectivity index (χ4n) is 3.56. The van der Waals surface area contributed by atoms with E-state index in [1.807, 2.05) is 0 Å². The summed E-state index contributed by atoms with van der Waals surface area (Å²) in [4.78, 5) is 3.98. The largest absolute Gasteiger partial charge is 0.476 e. The topological polar surface area (TPSA) is 78.0 Å². The molecule has 9 heteroatoms. The number of nitrogens with zero attached hydrogens (tertiary/aromatic N) is 3. The maximum Gasteiger partial charge on any atom is 0.279 e. The van der Waals surface area contributed by atoms with Crippen molar-refractivity contribution in [1.29, 1.82) is 0 Å². The van der Waals surface area contributed by atoms with Crippen LogP contribution in [-0.4, -0.2) is 34.3 Å². The summed E-state index contributed by atoms with van der Waals surface area (Å²) in [7, 11) is 0. The van der Waals surface area contributed by atoms with Crippen molar-refractivity contribution >= 4 is 5.82 Å². The fourth-order valence-corrected chi connectivity index (χ4v) is 3.56. The second-order valence-corrected chi connectivity index (χ2v) is 7.35. The average Bonchev–Trinajstić information content (AvgIpc) is 3.33. The smallest absolute Gasteiger partial charge is 0.279 e. The quantitative estimate of drug-likeness (QED) is 0.572. The summed E-state index contributed by atoms with van der Waals surface area (Å²) < 4.78 is 106. The molecule has 0 spiro atoms. The van der Waals surface area contributed by atoms with Crippen LogP contribution < -0.4 is 15.8 Å². The van der Waals surface area contributed by atoms with Gasteiger partial charge >= 0.3 is 0 Å². The number of aryl methyl sites for hydroxylation is 1. The Labute approximate surface area is 194 Å². The number of piperidine rings is 1. The minimum atomic E-state index is -3.47. The molecular weight excluding hydrogens is 419 g/mol. The number of halogens is 3. The van der Waals surface area contributed by atoms with Gasteiger partial charge in [0.05, 0.1) is 13.6 Å². The van der Waals surface area contributed by atoms with Crippen LogP contribution in [0.25, 0.3) is 11.1 Å². The van der Waals surface area contributed by atoms with Crippen LogP contribution in [0.3, 0.4) is 0 Å². The molecule has 0 radical (unpaired) electrons. The Morgan fingerprint density at radius 2 is 2.06 bits per heavy atom. The van der Waals surface area contributed by atoms with Gasteiger partial charge in [0, 0.05) is 37.3 Å². The van der Waals surface area contributed by atoms with Gasteiger partial charge in [-0.2, -0.15) is 5.10 Å². The van der Waals surface area contributed by atoms with E-state index in [4.69, 9.17) is 20.1 Å². The highest BCUT2D eigenvalue weighted by atomic mass is 19.3. The number of nitrogens with one attached hydrogen (secondary N) is 1. The van der Waals surface area contributed by atoms with Crippen LogP contribution in [0, 0.1) is 19.5 Å². The third-order valence-corrected chi connectivity index (χ3v) is 5.26. The third kappa shape index (κ3) is 4.43. The van der Waals surface area contributed by atoms with Gasteiger partial charge in [-0.3, -0.25) is 4.68 Å². The molecule has 0 bridgehead atoms. The molecule has 1 aliphatic rings. The highest BCUT2D eigenvalue weighted by molar-refractivity contribution is 5.66. The molecule has 1 aromatic carbocycles. The van der Waals surface area contributed by atoms with Gasteiger partial charge in [0.1, 0.15) is 5.82 Å². The Morgan fingerprint density at radius 3 is 2.78 bits per heavy atom. The molecule has 1 aliphatic heterocycles. The second-order valence-electron chi connectivity index (χ2n) is 7.35. The molecule has 0 aliphatic carbocycles. The zero-order valence-electron chi connectivity index (χ0n) is 23.9. The first-order valence-corrected chi connectivity index (χ1v) is 9.92. The third-order valence-electron chi connectivity index (χ3n) is 5.26. The normalized spacial score (nSPS) is 20.8. The molecule has 1 unspecified atom stereocenters. The van der Waals surface area contributed by atoms with Crippen molar-refractivity contribution in [2.45, 2.75) is 45.1 Å². The number of rotatable bonds is 6. The molecule has 1 saturated heterocycles. The summed E-state index contributed by atoms with van der Waals surface area (Å²) in [6, 6.07) is 1.65. The zero-order valence-corrected chi connectivity index (χ0v) is 16.9. The van der Waals surface area contributed by atoms with E-state index in [-0.39, 0.29) is 5.82 Å². The van der Waals surface area contributed by atoms with Crippen LogP contribution in [0.4, 0.5) is 19.0 Å². The first-order valence-electron chi connectivity index (χ1n) is 13.4. The van der Waals surface area contributed by atoms with Crippen molar-refractivity contribution in [3.05, 3.63) is 59.3 Å². The lowest BCUT2D eigenvalue weighted by Gasteiger charge is -2.23. The number of ether oxygens (including phenoxy) is 1. The number of alkyl halides is 2. The highest BCUT2D eigenvalue weighted by Crippen LogP contribution is 2.36. The van der Waals surface area contributed by atoms with Crippen LogP contribution >= 0.6 is 0 Å². The maximum absolute atomic E-state index is 14.7. The summed E-state index contributed by atoms with van der Waals surface area (Å²) in [6.45, 7) is -5.03. The summed E-state index contributed by atoms with van der Waals surface area (Å²) in [5.74, 6) is -2.11. The van der Waals surface area contributed by atoms with Crippen molar-refractivity contribution in [2.75, 3.05) is 18.8 Å². The van der Waals surface area contributed by atoms with E-state index in [0.29, 0.717) is 43.1 Å². The predicted octanol–water partition coefficient (Wildman–Crippen LogP) is 4.59. The van der Waals surface area contributed by atoms with Gasteiger partial charge in [0.2, 0.25) is 0 Å². The Morgan fingerprint density at radius 1 is 1.25 bits per heavy atom. The number of nitrogens with two attached hydrogens (primary N) is 1. The van der Waals surface area contributed by atoms with Crippen LogP contribution in [0.15, 0.2) is 36.8 Å². The summed E-state index contributed by atoms with van der Waals surface area (Å²) >= 11 is 0. The fraction of sp³-hybridized carbons (Fsp3) is 0.391. The molecule has 0 amide bonds. The van der Waals surface area contributed by atoms with Gasteiger partial charge in [-0.15, -0.1) is 0 Å². The van der Waals surface area contributed by atoms with Crippen molar-refractivity contribution < 1.29 is 27.5 Å². The highest BCUT2D eigenvalue weighted by Gasteiger charge is 2.30. The Bertz CT molecular complexity index is 1340. The van der Waals surface area contributed by atoms with Crippen molar-refractivity contribution in [2.24, 2.45) is 0 Å². The first kappa shape index (κ1) is 14.9.